The van der Waals surface area contributed by atoms with Gasteiger partial charge >= 0.3 is 39.5 Å². The number of phosphoric acid groups is 2. The van der Waals surface area contributed by atoms with Crippen LogP contribution in [0.5, 0.6) is 0 Å². The number of phosphoric ester groups is 2. The third kappa shape index (κ3) is 62.6. The summed E-state index contributed by atoms with van der Waals surface area (Å²) in [5, 5.41) is 10.6. The number of aliphatic hydroxyl groups is 1. The van der Waals surface area contributed by atoms with Crippen molar-refractivity contribution in [1.29, 1.82) is 0 Å². The van der Waals surface area contributed by atoms with Gasteiger partial charge in [0, 0.05) is 25.7 Å². The van der Waals surface area contributed by atoms with Gasteiger partial charge in [-0.15, -0.1) is 0 Å². The van der Waals surface area contributed by atoms with E-state index in [4.69, 9.17) is 37.0 Å². The maximum absolute atomic E-state index is 13.0. The zero-order valence-corrected chi connectivity index (χ0v) is 61.3. The number of esters is 4. The molecule has 0 aromatic carbocycles. The Morgan fingerprint density at radius 3 is 0.780 bits per heavy atom. The van der Waals surface area contributed by atoms with Gasteiger partial charge in [0.1, 0.15) is 19.3 Å². The van der Waals surface area contributed by atoms with Crippen LogP contribution in [0, 0.1) is 23.7 Å². The Balaban J connectivity index is 5.24. The molecule has 0 aliphatic rings. The zero-order valence-electron chi connectivity index (χ0n) is 59.5. The Hall–Kier alpha value is -1.94. The Morgan fingerprint density at radius 1 is 0.308 bits per heavy atom. The van der Waals surface area contributed by atoms with Crippen LogP contribution in [-0.2, 0) is 65.4 Å². The average Bonchev–Trinajstić information content (AvgIpc) is 3.12. The number of rotatable bonds is 69. The molecule has 0 bridgehead atoms. The third-order valence-corrected chi connectivity index (χ3v) is 19.6. The first-order valence-corrected chi connectivity index (χ1v) is 40.3. The summed E-state index contributed by atoms with van der Waals surface area (Å²) in [6.07, 6.45) is 44.4. The molecule has 540 valence electrons. The van der Waals surface area contributed by atoms with Crippen LogP contribution >= 0.6 is 15.6 Å². The molecule has 0 aliphatic carbocycles. The topological polar surface area (TPSA) is 237 Å². The lowest BCUT2D eigenvalue weighted by Crippen LogP contribution is -2.30. The van der Waals surface area contributed by atoms with E-state index in [1.54, 1.807) is 0 Å². The molecule has 0 rings (SSSR count). The molecule has 0 saturated heterocycles. The van der Waals surface area contributed by atoms with Crippen LogP contribution < -0.4 is 0 Å². The Labute approximate surface area is 556 Å². The summed E-state index contributed by atoms with van der Waals surface area (Å²) >= 11 is 0. The first-order chi connectivity index (χ1) is 43.7. The highest BCUT2D eigenvalue weighted by molar-refractivity contribution is 7.47. The molecule has 0 saturated carbocycles. The summed E-state index contributed by atoms with van der Waals surface area (Å²) in [4.78, 5) is 72.6. The fourth-order valence-electron chi connectivity index (χ4n) is 10.7. The summed E-state index contributed by atoms with van der Waals surface area (Å²) in [6, 6.07) is 0. The van der Waals surface area contributed by atoms with Gasteiger partial charge in [0.05, 0.1) is 26.4 Å². The highest BCUT2D eigenvalue weighted by atomic mass is 31.2. The Kier molecular flexibility index (Phi) is 60.3. The molecule has 0 heterocycles. The summed E-state index contributed by atoms with van der Waals surface area (Å²) in [5.41, 5.74) is 0. The summed E-state index contributed by atoms with van der Waals surface area (Å²) in [5.74, 6) is 0.942. The van der Waals surface area contributed by atoms with Crippen LogP contribution in [0.4, 0.5) is 0 Å². The third-order valence-electron chi connectivity index (χ3n) is 17.7. The largest absolute Gasteiger partial charge is 0.472 e. The monoisotopic (exact) mass is 1340 g/mol. The first kappa shape index (κ1) is 89.1. The van der Waals surface area contributed by atoms with Crippen LogP contribution in [0.15, 0.2) is 0 Å². The molecule has 0 fully saturated rings. The van der Waals surface area contributed by atoms with Gasteiger partial charge in [-0.1, -0.05) is 306 Å². The quantitative estimate of drug-likeness (QED) is 0.0222. The van der Waals surface area contributed by atoms with Gasteiger partial charge in [0.15, 0.2) is 12.2 Å². The average molecular weight is 1340 g/mol. The van der Waals surface area contributed by atoms with Crippen molar-refractivity contribution in [1.82, 2.24) is 0 Å². The molecule has 0 aromatic heterocycles. The van der Waals surface area contributed by atoms with Crippen LogP contribution in [0.3, 0.4) is 0 Å². The van der Waals surface area contributed by atoms with Crippen LogP contribution in [-0.4, -0.2) is 96.7 Å². The van der Waals surface area contributed by atoms with Gasteiger partial charge in [-0.2, -0.15) is 0 Å². The second kappa shape index (κ2) is 61.6. The van der Waals surface area contributed by atoms with Gasteiger partial charge in [-0.25, -0.2) is 9.13 Å². The second-order valence-electron chi connectivity index (χ2n) is 27.2. The van der Waals surface area contributed by atoms with Gasteiger partial charge in [-0.05, 0) is 49.4 Å². The molecule has 19 heteroatoms. The maximum atomic E-state index is 13.0. The standard InChI is InChI=1S/C72H140O17P2/c1-9-63(6)49-41-33-24-18-16-14-12-13-15-17-19-28-38-46-54-71(76)88-67(58-82-69(74)52-44-36-27-22-20-25-34-42-50-64(7)10-2)60-86-90(78,79)84-56-66(73)57-85-91(80,81)87-61-68(59-83-70(75)53-45-37-31-30-32-40-48-62(4)5)89-72(77)55-47-39-29-23-21-26-35-43-51-65(8)11-3/h62-68,73H,9-61H2,1-8H3,(H,78,79)(H,80,81)/t63?,64?,65?,66-,67-,68-/m1/s1. The van der Waals surface area contributed by atoms with Crippen molar-refractivity contribution in [2.45, 2.75) is 375 Å². The van der Waals surface area contributed by atoms with Crippen molar-refractivity contribution in [2.24, 2.45) is 23.7 Å². The van der Waals surface area contributed by atoms with Gasteiger partial charge in [-0.3, -0.25) is 37.3 Å². The Morgan fingerprint density at radius 2 is 0.527 bits per heavy atom. The minimum atomic E-state index is -4.95. The van der Waals surface area contributed by atoms with E-state index < -0.39 is 97.5 Å². The predicted molar refractivity (Wildman–Crippen MR) is 367 cm³/mol. The highest BCUT2D eigenvalue weighted by Gasteiger charge is 2.30. The number of ether oxygens (including phenoxy) is 4. The first-order valence-electron chi connectivity index (χ1n) is 37.3. The van der Waals surface area contributed by atoms with Gasteiger partial charge < -0.3 is 33.8 Å². The normalized spacial score (nSPS) is 15.1. The van der Waals surface area contributed by atoms with Gasteiger partial charge in [0.2, 0.25) is 0 Å². The summed E-state index contributed by atoms with van der Waals surface area (Å²) in [7, 11) is -9.91. The molecular weight excluding hydrogens is 1200 g/mol. The molecule has 0 amide bonds. The molecule has 0 radical (unpaired) electrons. The van der Waals surface area contributed by atoms with E-state index in [1.165, 1.54) is 154 Å². The molecule has 17 nitrogen and oxygen atoms in total. The van der Waals surface area contributed by atoms with E-state index in [0.29, 0.717) is 31.6 Å². The minimum absolute atomic E-state index is 0.103. The van der Waals surface area contributed by atoms with Crippen molar-refractivity contribution in [3.63, 3.8) is 0 Å². The molecule has 3 N–H and O–H groups in total. The van der Waals surface area contributed by atoms with Crippen molar-refractivity contribution in [3.8, 4) is 0 Å². The van der Waals surface area contributed by atoms with E-state index >= 15 is 0 Å². The maximum Gasteiger partial charge on any atom is 0.472 e. The van der Waals surface area contributed by atoms with Crippen molar-refractivity contribution < 1.29 is 80.2 Å². The van der Waals surface area contributed by atoms with Crippen molar-refractivity contribution in [2.75, 3.05) is 39.6 Å². The van der Waals surface area contributed by atoms with E-state index in [2.05, 4.69) is 55.4 Å². The summed E-state index contributed by atoms with van der Waals surface area (Å²) in [6.45, 7) is 14.1. The van der Waals surface area contributed by atoms with Crippen molar-refractivity contribution in [3.05, 3.63) is 0 Å². The number of unbranched alkanes of at least 4 members (excludes halogenated alkanes) is 32. The molecule has 0 aromatic rings. The highest BCUT2D eigenvalue weighted by Crippen LogP contribution is 2.45. The predicted octanol–water partition coefficient (Wildman–Crippen LogP) is 20.5. The number of hydrogen-bond donors (Lipinski definition) is 3. The van der Waals surface area contributed by atoms with E-state index in [0.717, 1.165) is 114 Å². The molecule has 8 atom stereocenters. The van der Waals surface area contributed by atoms with Crippen LogP contribution in [0.25, 0.3) is 0 Å². The van der Waals surface area contributed by atoms with E-state index in [-0.39, 0.29) is 25.7 Å². The fraction of sp³-hybridized carbons (Fsp3) is 0.944. The summed E-state index contributed by atoms with van der Waals surface area (Å²) < 4.78 is 68.3. The number of carbonyl (C=O) groups is 4. The lowest BCUT2D eigenvalue weighted by Gasteiger charge is -2.21. The molecule has 0 aliphatic heterocycles. The molecular formula is C72H140O17P2. The number of carbonyl (C=O) groups excluding carboxylic acids is 4. The molecule has 91 heavy (non-hydrogen) atoms. The van der Waals surface area contributed by atoms with Crippen LogP contribution in [0.1, 0.15) is 357 Å². The minimum Gasteiger partial charge on any atom is -0.462 e. The molecule has 0 spiro atoms. The second-order valence-corrected chi connectivity index (χ2v) is 30.1. The SMILES string of the molecule is CCC(C)CCCCCCCCCCCCCCCCC(=O)O[C@H](COC(=O)CCCCCCCCCCC(C)CC)COP(=O)(O)OC[C@@H](O)COP(=O)(O)OC[C@@H](COC(=O)CCCCCCCCC(C)C)OC(=O)CCCCCCCCCCC(C)CC. The van der Waals surface area contributed by atoms with Crippen molar-refractivity contribution >= 4 is 39.5 Å². The number of aliphatic hydroxyl groups excluding tert-OH is 1. The fourth-order valence-corrected chi connectivity index (χ4v) is 12.3. The van der Waals surface area contributed by atoms with Crippen LogP contribution in [0.2, 0.25) is 0 Å². The Bertz CT molecular complexity index is 1800. The zero-order chi connectivity index (χ0) is 67.5. The lowest BCUT2D eigenvalue weighted by molar-refractivity contribution is -0.161. The van der Waals surface area contributed by atoms with E-state index in [1.807, 2.05) is 0 Å². The van der Waals surface area contributed by atoms with E-state index in [9.17, 15) is 43.2 Å². The smallest absolute Gasteiger partial charge is 0.462 e. The number of hydrogen-bond acceptors (Lipinski definition) is 15. The van der Waals surface area contributed by atoms with Gasteiger partial charge in [0.25, 0.3) is 0 Å². The lowest BCUT2D eigenvalue weighted by atomic mass is 9.99. The molecule has 5 unspecified atom stereocenters.